The van der Waals surface area contributed by atoms with Crippen LogP contribution in [0.15, 0.2) is 48.5 Å². The Kier molecular flexibility index (Phi) is 6.21. The predicted octanol–water partition coefficient (Wildman–Crippen LogP) is 3.78. The summed E-state index contributed by atoms with van der Waals surface area (Å²) in [6.07, 6.45) is 2.98. The molecular formula is C24H28N2O4. The zero-order valence-corrected chi connectivity index (χ0v) is 17.3. The van der Waals surface area contributed by atoms with Crippen molar-refractivity contribution >= 4 is 11.8 Å². The minimum atomic E-state index is -0.332. The number of carbonyl (C=O) groups excluding carboxylic acids is 2. The number of amides is 2. The number of fused-ring (bicyclic) bond motifs is 1. The predicted molar refractivity (Wildman–Crippen MR) is 113 cm³/mol. The molecule has 1 saturated heterocycles. The highest BCUT2D eigenvalue weighted by atomic mass is 16.5. The van der Waals surface area contributed by atoms with Crippen molar-refractivity contribution < 1.29 is 19.1 Å². The molecule has 0 aliphatic carbocycles. The van der Waals surface area contributed by atoms with Gasteiger partial charge in [0.1, 0.15) is 0 Å². The van der Waals surface area contributed by atoms with Gasteiger partial charge in [-0.2, -0.15) is 0 Å². The molecule has 0 radical (unpaired) electrons. The molecule has 158 valence electrons. The van der Waals surface area contributed by atoms with Gasteiger partial charge in [0.25, 0.3) is 0 Å². The first-order valence-corrected chi connectivity index (χ1v) is 10.6. The van der Waals surface area contributed by atoms with Crippen LogP contribution in [0.3, 0.4) is 0 Å². The summed E-state index contributed by atoms with van der Waals surface area (Å²) in [5, 5.41) is 2.93. The first-order chi connectivity index (χ1) is 14.6. The highest BCUT2D eigenvalue weighted by Gasteiger charge is 2.32. The number of ether oxygens (including phenoxy) is 2. The number of carbonyl (C=O) groups is 2. The molecule has 2 amide bonds. The normalized spacial score (nSPS) is 19.1. The molecule has 2 aromatic rings. The highest BCUT2D eigenvalue weighted by molar-refractivity contribution is 5.80. The van der Waals surface area contributed by atoms with Crippen LogP contribution in [-0.2, 0) is 9.59 Å². The second-order valence-corrected chi connectivity index (χ2v) is 7.87. The van der Waals surface area contributed by atoms with Gasteiger partial charge in [0.15, 0.2) is 11.5 Å². The topological polar surface area (TPSA) is 67.9 Å². The van der Waals surface area contributed by atoms with E-state index in [1.807, 2.05) is 53.4 Å². The number of likely N-dealkylation sites (tertiary alicyclic amines) is 1. The average Bonchev–Trinajstić information content (AvgIpc) is 3.12. The molecule has 0 unspecified atom stereocenters. The molecular weight excluding hydrogens is 380 g/mol. The lowest BCUT2D eigenvalue weighted by Crippen LogP contribution is -2.35. The van der Waals surface area contributed by atoms with Crippen molar-refractivity contribution in [1.29, 1.82) is 0 Å². The Balaban J connectivity index is 1.52. The van der Waals surface area contributed by atoms with E-state index in [1.54, 1.807) is 0 Å². The smallest absolute Gasteiger partial charge is 0.225 e. The van der Waals surface area contributed by atoms with Gasteiger partial charge in [0.05, 0.1) is 31.7 Å². The van der Waals surface area contributed by atoms with Gasteiger partial charge in [-0.1, -0.05) is 36.4 Å². The Labute approximate surface area is 177 Å². The van der Waals surface area contributed by atoms with E-state index in [2.05, 4.69) is 5.32 Å². The van der Waals surface area contributed by atoms with E-state index in [0.717, 1.165) is 48.4 Å². The molecule has 0 aromatic heterocycles. The van der Waals surface area contributed by atoms with Crippen molar-refractivity contribution in [3.8, 4) is 11.5 Å². The molecule has 4 rings (SSSR count). The van der Waals surface area contributed by atoms with Crippen LogP contribution in [0.4, 0.5) is 0 Å². The Bertz CT molecular complexity index is 899. The van der Waals surface area contributed by atoms with E-state index in [0.29, 0.717) is 13.2 Å². The molecule has 2 aliphatic heterocycles. The van der Waals surface area contributed by atoms with Crippen LogP contribution < -0.4 is 14.8 Å². The maximum Gasteiger partial charge on any atom is 0.225 e. The van der Waals surface area contributed by atoms with Crippen LogP contribution >= 0.6 is 0 Å². The van der Waals surface area contributed by atoms with E-state index in [4.69, 9.17) is 9.47 Å². The molecule has 2 atom stereocenters. The number of hydrogen-bond donors (Lipinski definition) is 1. The van der Waals surface area contributed by atoms with Crippen LogP contribution in [0.25, 0.3) is 0 Å². The number of rotatable bonds is 5. The van der Waals surface area contributed by atoms with Gasteiger partial charge in [0.2, 0.25) is 11.8 Å². The number of benzene rings is 2. The SMILES string of the molecule is CC(=O)N[C@H](CC(=O)N1CCC[C@@H]1c1ccc2c(c1)OCCCO2)c1ccccc1. The lowest BCUT2D eigenvalue weighted by Gasteiger charge is -2.28. The maximum absolute atomic E-state index is 13.3. The van der Waals surface area contributed by atoms with Crippen LogP contribution in [0, 0.1) is 0 Å². The molecule has 0 saturated carbocycles. The summed E-state index contributed by atoms with van der Waals surface area (Å²) in [5.74, 6) is 1.43. The molecule has 6 heteroatoms. The largest absolute Gasteiger partial charge is 0.490 e. The zero-order chi connectivity index (χ0) is 20.9. The van der Waals surface area contributed by atoms with E-state index < -0.39 is 0 Å². The fraction of sp³-hybridized carbons (Fsp3) is 0.417. The molecule has 2 aromatic carbocycles. The molecule has 1 N–H and O–H groups in total. The van der Waals surface area contributed by atoms with E-state index in [1.165, 1.54) is 6.92 Å². The summed E-state index contributed by atoms with van der Waals surface area (Å²) in [4.78, 5) is 26.9. The summed E-state index contributed by atoms with van der Waals surface area (Å²) in [5.41, 5.74) is 2.01. The highest BCUT2D eigenvalue weighted by Crippen LogP contribution is 2.38. The summed E-state index contributed by atoms with van der Waals surface area (Å²) in [6, 6.07) is 15.3. The van der Waals surface area contributed by atoms with Gasteiger partial charge in [-0.15, -0.1) is 0 Å². The Hall–Kier alpha value is -3.02. The molecule has 2 aliphatic rings. The van der Waals surface area contributed by atoms with E-state index >= 15 is 0 Å². The van der Waals surface area contributed by atoms with E-state index in [9.17, 15) is 9.59 Å². The Morgan fingerprint density at radius 3 is 2.60 bits per heavy atom. The van der Waals surface area contributed by atoms with Crippen molar-refractivity contribution in [3.63, 3.8) is 0 Å². The van der Waals surface area contributed by atoms with Crippen molar-refractivity contribution in [3.05, 3.63) is 59.7 Å². The lowest BCUT2D eigenvalue weighted by atomic mass is 10.0. The van der Waals surface area contributed by atoms with Crippen molar-refractivity contribution in [1.82, 2.24) is 10.2 Å². The minimum absolute atomic E-state index is 0.0170. The average molecular weight is 408 g/mol. The van der Waals surface area contributed by atoms with Crippen LogP contribution in [0.2, 0.25) is 0 Å². The van der Waals surface area contributed by atoms with Crippen molar-refractivity contribution in [2.45, 2.75) is 44.7 Å². The maximum atomic E-state index is 13.3. The zero-order valence-electron chi connectivity index (χ0n) is 17.3. The molecule has 1 fully saturated rings. The lowest BCUT2D eigenvalue weighted by molar-refractivity contribution is -0.133. The summed E-state index contributed by atoms with van der Waals surface area (Å²) in [7, 11) is 0. The van der Waals surface area contributed by atoms with Gasteiger partial charge in [0, 0.05) is 19.9 Å². The third-order valence-electron chi connectivity index (χ3n) is 5.69. The summed E-state index contributed by atoms with van der Waals surface area (Å²) < 4.78 is 11.6. The second kappa shape index (κ2) is 9.20. The number of nitrogens with one attached hydrogen (secondary N) is 1. The number of hydrogen-bond acceptors (Lipinski definition) is 4. The molecule has 30 heavy (non-hydrogen) atoms. The van der Waals surface area contributed by atoms with Gasteiger partial charge < -0.3 is 19.7 Å². The van der Waals surface area contributed by atoms with Crippen LogP contribution in [-0.4, -0.2) is 36.5 Å². The van der Waals surface area contributed by atoms with Gasteiger partial charge >= 0.3 is 0 Å². The fourth-order valence-corrected chi connectivity index (χ4v) is 4.27. The first kappa shape index (κ1) is 20.3. The summed E-state index contributed by atoms with van der Waals surface area (Å²) in [6.45, 7) is 3.50. The molecule has 6 nitrogen and oxygen atoms in total. The monoisotopic (exact) mass is 408 g/mol. The Morgan fingerprint density at radius 2 is 1.83 bits per heavy atom. The van der Waals surface area contributed by atoms with Gasteiger partial charge in [-0.25, -0.2) is 0 Å². The minimum Gasteiger partial charge on any atom is -0.490 e. The third-order valence-corrected chi connectivity index (χ3v) is 5.69. The molecule has 0 bridgehead atoms. The van der Waals surface area contributed by atoms with Crippen LogP contribution in [0.5, 0.6) is 11.5 Å². The molecule has 0 spiro atoms. The molecule has 2 heterocycles. The third kappa shape index (κ3) is 4.58. The number of nitrogens with zero attached hydrogens (tertiary/aromatic N) is 1. The van der Waals surface area contributed by atoms with E-state index in [-0.39, 0.29) is 30.3 Å². The van der Waals surface area contributed by atoms with Crippen molar-refractivity contribution in [2.24, 2.45) is 0 Å². The quantitative estimate of drug-likeness (QED) is 0.818. The fourth-order valence-electron chi connectivity index (χ4n) is 4.27. The van der Waals surface area contributed by atoms with Gasteiger partial charge in [-0.3, -0.25) is 9.59 Å². The summed E-state index contributed by atoms with van der Waals surface area (Å²) >= 11 is 0. The van der Waals surface area contributed by atoms with Gasteiger partial charge in [-0.05, 0) is 36.1 Å². The van der Waals surface area contributed by atoms with Crippen molar-refractivity contribution in [2.75, 3.05) is 19.8 Å². The first-order valence-electron chi connectivity index (χ1n) is 10.6. The van der Waals surface area contributed by atoms with Crippen LogP contribution in [0.1, 0.15) is 55.8 Å². The standard InChI is InChI=1S/C24H28N2O4/c1-17(27)25-20(18-7-3-2-4-8-18)16-24(28)26-12-5-9-21(26)19-10-11-22-23(15-19)30-14-6-13-29-22/h2-4,7-8,10-11,15,20-21H,5-6,9,12-14,16H2,1H3,(H,25,27)/t20-,21-/m1/s1. The Morgan fingerprint density at radius 1 is 1.07 bits per heavy atom. The second-order valence-electron chi connectivity index (χ2n) is 7.87.